The van der Waals surface area contributed by atoms with Crippen molar-refractivity contribution in [3.05, 3.63) is 0 Å². The summed E-state index contributed by atoms with van der Waals surface area (Å²) < 4.78 is 5.15. The SMILES string of the molecule is N#CC[C@@H]1CC[C@H]2COCC(=O)N12. The quantitative estimate of drug-likeness (QED) is 0.582. The van der Waals surface area contributed by atoms with E-state index in [2.05, 4.69) is 6.07 Å². The highest BCUT2D eigenvalue weighted by Crippen LogP contribution is 2.28. The Kier molecular flexibility index (Phi) is 2.19. The molecule has 0 N–H and O–H groups in total. The number of hydrogen-bond acceptors (Lipinski definition) is 3. The number of ether oxygens (including phenoxy) is 1. The van der Waals surface area contributed by atoms with Gasteiger partial charge in [0.05, 0.1) is 25.1 Å². The third kappa shape index (κ3) is 1.40. The van der Waals surface area contributed by atoms with Crippen LogP contribution in [0.25, 0.3) is 0 Å². The van der Waals surface area contributed by atoms with E-state index in [4.69, 9.17) is 10.00 Å². The Morgan fingerprint density at radius 1 is 1.62 bits per heavy atom. The molecule has 4 heteroatoms. The minimum Gasteiger partial charge on any atom is -0.369 e. The summed E-state index contributed by atoms with van der Waals surface area (Å²) in [6.45, 7) is 0.839. The monoisotopic (exact) mass is 180 g/mol. The molecule has 2 aliphatic rings. The highest BCUT2D eigenvalue weighted by atomic mass is 16.5. The second-order valence-electron chi connectivity index (χ2n) is 3.56. The summed E-state index contributed by atoms with van der Waals surface area (Å²) in [7, 11) is 0. The van der Waals surface area contributed by atoms with Crippen molar-refractivity contribution in [1.29, 1.82) is 5.26 Å². The number of amides is 1. The van der Waals surface area contributed by atoms with E-state index in [9.17, 15) is 4.79 Å². The van der Waals surface area contributed by atoms with E-state index in [1.807, 2.05) is 4.90 Å². The molecule has 2 fully saturated rings. The van der Waals surface area contributed by atoms with Crippen LogP contribution in [-0.2, 0) is 9.53 Å². The lowest BCUT2D eigenvalue weighted by molar-refractivity contribution is -0.147. The van der Waals surface area contributed by atoms with Crippen LogP contribution in [0.4, 0.5) is 0 Å². The number of hydrogen-bond donors (Lipinski definition) is 0. The lowest BCUT2D eigenvalue weighted by atomic mass is 10.1. The maximum atomic E-state index is 11.5. The van der Waals surface area contributed by atoms with E-state index in [0.717, 1.165) is 12.8 Å². The molecule has 70 valence electrons. The molecule has 0 aromatic heterocycles. The molecule has 1 amide bonds. The maximum Gasteiger partial charge on any atom is 0.249 e. The fourth-order valence-electron chi connectivity index (χ4n) is 2.19. The molecule has 2 aliphatic heterocycles. The summed E-state index contributed by atoms with van der Waals surface area (Å²) in [4.78, 5) is 13.3. The van der Waals surface area contributed by atoms with Gasteiger partial charge in [-0.2, -0.15) is 5.26 Å². The smallest absolute Gasteiger partial charge is 0.249 e. The van der Waals surface area contributed by atoms with Crippen LogP contribution < -0.4 is 0 Å². The van der Waals surface area contributed by atoms with Crippen LogP contribution in [0.5, 0.6) is 0 Å². The summed E-state index contributed by atoms with van der Waals surface area (Å²) >= 11 is 0. The van der Waals surface area contributed by atoms with Gasteiger partial charge < -0.3 is 9.64 Å². The molecule has 0 bridgehead atoms. The van der Waals surface area contributed by atoms with Crippen LogP contribution in [0.2, 0.25) is 0 Å². The van der Waals surface area contributed by atoms with Crippen LogP contribution >= 0.6 is 0 Å². The maximum absolute atomic E-state index is 11.5. The largest absolute Gasteiger partial charge is 0.369 e. The first-order chi connectivity index (χ1) is 6.33. The molecule has 2 atom stereocenters. The van der Waals surface area contributed by atoms with E-state index in [-0.39, 0.29) is 24.6 Å². The van der Waals surface area contributed by atoms with Crippen molar-refractivity contribution in [2.45, 2.75) is 31.3 Å². The minimum atomic E-state index is 0.0500. The Morgan fingerprint density at radius 3 is 3.23 bits per heavy atom. The zero-order valence-electron chi connectivity index (χ0n) is 7.40. The molecular formula is C9H12N2O2. The van der Waals surface area contributed by atoms with Crippen LogP contribution in [0, 0.1) is 11.3 Å². The zero-order chi connectivity index (χ0) is 9.26. The number of rotatable bonds is 1. The van der Waals surface area contributed by atoms with E-state index < -0.39 is 0 Å². The van der Waals surface area contributed by atoms with Gasteiger partial charge in [0.15, 0.2) is 0 Å². The average molecular weight is 180 g/mol. The molecule has 13 heavy (non-hydrogen) atoms. The number of nitriles is 1. The van der Waals surface area contributed by atoms with Crippen LogP contribution in [0.15, 0.2) is 0 Å². The normalized spacial score (nSPS) is 32.8. The predicted molar refractivity (Wildman–Crippen MR) is 44.7 cm³/mol. The Labute approximate surface area is 77.1 Å². The third-order valence-corrected chi connectivity index (χ3v) is 2.77. The molecule has 2 rings (SSSR count). The highest BCUT2D eigenvalue weighted by molar-refractivity contribution is 5.79. The molecule has 2 saturated heterocycles. The molecule has 0 aromatic carbocycles. The standard InChI is InChI=1S/C9H12N2O2/c10-4-3-7-1-2-8-5-13-6-9(12)11(7)8/h7-8H,1-3,5-6H2/t7-,8-/m0/s1. The van der Waals surface area contributed by atoms with Crippen LogP contribution in [-0.4, -0.2) is 36.1 Å². The Bertz CT molecular complexity index is 259. The lowest BCUT2D eigenvalue weighted by Gasteiger charge is -2.33. The molecule has 0 saturated carbocycles. The van der Waals surface area contributed by atoms with Crippen molar-refractivity contribution in [3.63, 3.8) is 0 Å². The second-order valence-corrected chi connectivity index (χ2v) is 3.56. The first-order valence-electron chi connectivity index (χ1n) is 4.59. The second kappa shape index (κ2) is 3.35. The lowest BCUT2D eigenvalue weighted by Crippen LogP contribution is -2.49. The van der Waals surface area contributed by atoms with Crippen molar-refractivity contribution in [3.8, 4) is 6.07 Å². The number of morpholine rings is 1. The van der Waals surface area contributed by atoms with Crippen molar-refractivity contribution < 1.29 is 9.53 Å². The molecule has 4 nitrogen and oxygen atoms in total. The van der Waals surface area contributed by atoms with Crippen LogP contribution in [0.3, 0.4) is 0 Å². The van der Waals surface area contributed by atoms with E-state index in [0.29, 0.717) is 13.0 Å². The number of nitrogens with zero attached hydrogens (tertiary/aromatic N) is 2. The fourth-order valence-corrected chi connectivity index (χ4v) is 2.19. The molecular weight excluding hydrogens is 168 g/mol. The molecule has 0 aliphatic carbocycles. The van der Waals surface area contributed by atoms with Gasteiger partial charge in [0.25, 0.3) is 0 Å². The van der Waals surface area contributed by atoms with E-state index in [1.165, 1.54) is 0 Å². The zero-order valence-corrected chi connectivity index (χ0v) is 7.40. The van der Waals surface area contributed by atoms with Gasteiger partial charge in [0.2, 0.25) is 5.91 Å². The van der Waals surface area contributed by atoms with Crippen molar-refractivity contribution in [1.82, 2.24) is 4.90 Å². The molecule has 0 radical (unpaired) electrons. The highest BCUT2D eigenvalue weighted by Gasteiger charge is 2.39. The Hall–Kier alpha value is -1.08. The first kappa shape index (κ1) is 8.52. The molecule has 0 aromatic rings. The number of carbonyl (C=O) groups is 1. The first-order valence-corrected chi connectivity index (χ1v) is 4.59. The molecule has 2 heterocycles. The van der Waals surface area contributed by atoms with Crippen molar-refractivity contribution in [2.75, 3.05) is 13.2 Å². The van der Waals surface area contributed by atoms with Gasteiger partial charge in [0, 0.05) is 6.04 Å². The van der Waals surface area contributed by atoms with Gasteiger partial charge in [0.1, 0.15) is 6.61 Å². The van der Waals surface area contributed by atoms with Gasteiger partial charge in [-0.15, -0.1) is 0 Å². The van der Waals surface area contributed by atoms with Gasteiger partial charge in [-0.25, -0.2) is 0 Å². The van der Waals surface area contributed by atoms with Gasteiger partial charge in [-0.05, 0) is 12.8 Å². The minimum absolute atomic E-state index is 0.0500. The molecule has 0 unspecified atom stereocenters. The van der Waals surface area contributed by atoms with Gasteiger partial charge in [-0.1, -0.05) is 0 Å². The van der Waals surface area contributed by atoms with Crippen molar-refractivity contribution >= 4 is 5.91 Å². The van der Waals surface area contributed by atoms with Gasteiger partial charge in [-0.3, -0.25) is 4.79 Å². The number of fused-ring (bicyclic) bond motifs is 1. The topological polar surface area (TPSA) is 53.3 Å². The summed E-state index contributed by atoms with van der Waals surface area (Å²) in [5.74, 6) is 0.0500. The Balaban J connectivity index is 2.09. The summed E-state index contributed by atoms with van der Waals surface area (Å²) in [5.41, 5.74) is 0. The van der Waals surface area contributed by atoms with Gasteiger partial charge >= 0.3 is 0 Å². The van der Waals surface area contributed by atoms with E-state index in [1.54, 1.807) is 0 Å². The number of carbonyl (C=O) groups excluding carboxylic acids is 1. The fraction of sp³-hybridized carbons (Fsp3) is 0.778. The summed E-state index contributed by atoms with van der Waals surface area (Å²) in [6, 6.07) is 2.51. The summed E-state index contributed by atoms with van der Waals surface area (Å²) in [6.07, 6.45) is 2.40. The molecule has 0 spiro atoms. The third-order valence-electron chi connectivity index (χ3n) is 2.77. The van der Waals surface area contributed by atoms with Crippen LogP contribution in [0.1, 0.15) is 19.3 Å². The Morgan fingerprint density at radius 2 is 2.46 bits per heavy atom. The predicted octanol–water partition coefficient (Wildman–Crippen LogP) is 0.290. The van der Waals surface area contributed by atoms with Crippen molar-refractivity contribution in [2.24, 2.45) is 0 Å². The average Bonchev–Trinajstić information content (AvgIpc) is 2.51. The van der Waals surface area contributed by atoms with E-state index >= 15 is 0 Å². The summed E-state index contributed by atoms with van der Waals surface area (Å²) in [5, 5.41) is 8.58.